The Morgan fingerprint density at radius 3 is 1.86 bits per heavy atom. The Bertz CT molecular complexity index is 1820. The molecule has 1 unspecified atom stereocenters. The minimum atomic E-state index is -0.0472. The fraction of sp³-hybridized carbons (Fsp3) is 0.320. The van der Waals surface area contributed by atoms with E-state index in [4.69, 9.17) is 0 Å². The zero-order chi connectivity index (χ0) is 36.8. The van der Waals surface area contributed by atoms with Gasteiger partial charge in [-0.1, -0.05) is 180 Å². The molecular weight excluding hydrogens is 615 g/mol. The van der Waals surface area contributed by atoms with Crippen molar-refractivity contribution >= 4 is 0 Å². The van der Waals surface area contributed by atoms with Crippen LogP contribution in [0.5, 0.6) is 0 Å². The first-order chi connectivity index (χ1) is 24.9. The molecule has 4 aromatic carbocycles. The highest BCUT2D eigenvalue weighted by atomic mass is 14.8. The molecule has 266 valence electrons. The van der Waals surface area contributed by atoms with Gasteiger partial charge in [0, 0.05) is 17.9 Å². The number of nitrogens with one attached hydrogen (secondary N) is 1. The number of hydrogen-bond donors (Lipinski definition) is 1. The van der Waals surface area contributed by atoms with E-state index in [2.05, 4.69) is 175 Å². The molecular formula is C50H61N. The van der Waals surface area contributed by atoms with Crippen LogP contribution in [-0.2, 0) is 5.41 Å². The van der Waals surface area contributed by atoms with E-state index < -0.39 is 0 Å². The van der Waals surface area contributed by atoms with E-state index in [-0.39, 0.29) is 5.41 Å². The first kappa shape index (κ1) is 39.2. The second-order valence-electron chi connectivity index (χ2n) is 13.6. The molecule has 4 aromatic rings. The van der Waals surface area contributed by atoms with Gasteiger partial charge in [0.05, 0.1) is 0 Å². The molecule has 1 atom stereocenters. The van der Waals surface area contributed by atoms with E-state index in [9.17, 15) is 0 Å². The quantitative estimate of drug-likeness (QED) is 0.196. The molecule has 7 rings (SSSR count). The molecule has 0 saturated heterocycles. The van der Waals surface area contributed by atoms with Gasteiger partial charge in [-0.05, 0) is 108 Å². The Kier molecular flexibility index (Phi) is 14.7. The number of allylic oxidation sites excluding steroid dienone is 7. The van der Waals surface area contributed by atoms with Gasteiger partial charge in [-0.15, -0.1) is 0 Å². The second kappa shape index (κ2) is 19.1. The summed E-state index contributed by atoms with van der Waals surface area (Å²) in [6, 6.07) is 37.5. The third kappa shape index (κ3) is 8.82. The minimum Gasteiger partial charge on any atom is -0.387 e. The van der Waals surface area contributed by atoms with E-state index in [0.717, 1.165) is 25.8 Å². The van der Waals surface area contributed by atoms with Crippen molar-refractivity contribution in [2.24, 2.45) is 0 Å². The predicted octanol–water partition coefficient (Wildman–Crippen LogP) is 14.0. The Labute approximate surface area is 310 Å². The molecule has 0 spiro atoms. The lowest BCUT2D eigenvalue weighted by molar-refractivity contribution is 0.669. The molecule has 2 aliphatic carbocycles. The average molecular weight is 676 g/mol. The molecule has 0 saturated carbocycles. The second-order valence-corrected chi connectivity index (χ2v) is 13.6. The van der Waals surface area contributed by atoms with E-state index in [1.54, 1.807) is 16.7 Å². The molecule has 1 heteroatoms. The van der Waals surface area contributed by atoms with Crippen molar-refractivity contribution in [3.63, 3.8) is 0 Å². The molecule has 0 bridgehead atoms. The molecule has 0 aromatic heterocycles. The van der Waals surface area contributed by atoms with Crippen molar-refractivity contribution in [2.75, 3.05) is 6.54 Å². The maximum Gasteiger partial charge on any atom is 0.0435 e. The maximum absolute atomic E-state index is 4.05. The van der Waals surface area contributed by atoms with E-state index >= 15 is 0 Å². The normalized spacial score (nSPS) is 15.4. The lowest BCUT2D eigenvalue weighted by atomic mass is 9.74. The average Bonchev–Trinajstić information content (AvgIpc) is 3.68. The molecule has 0 fully saturated rings. The molecule has 1 N–H and O–H groups in total. The summed E-state index contributed by atoms with van der Waals surface area (Å²) in [6.45, 7) is 22.5. The van der Waals surface area contributed by atoms with Crippen LogP contribution in [0.4, 0.5) is 0 Å². The molecule has 1 aliphatic heterocycles. The molecule has 3 aliphatic rings. The largest absolute Gasteiger partial charge is 0.387 e. The van der Waals surface area contributed by atoms with Crippen LogP contribution in [0.25, 0.3) is 11.1 Å². The lowest BCUT2D eigenvalue weighted by Gasteiger charge is -2.28. The van der Waals surface area contributed by atoms with Crippen molar-refractivity contribution in [2.45, 2.75) is 98.8 Å². The van der Waals surface area contributed by atoms with Gasteiger partial charge in [-0.2, -0.15) is 0 Å². The van der Waals surface area contributed by atoms with Gasteiger partial charge in [-0.3, -0.25) is 0 Å². The first-order valence-electron chi connectivity index (χ1n) is 19.3. The van der Waals surface area contributed by atoms with Crippen molar-refractivity contribution in [3.8, 4) is 11.1 Å². The zero-order valence-corrected chi connectivity index (χ0v) is 32.7. The summed E-state index contributed by atoms with van der Waals surface area (Å²) in [7, 11) is 0. The van der Waals surface area contributed by atoms with Crippen molar-refractivity contribution in [1.82, 2.24) is 5.32 Å². The third-order valence-electron chi connectivity index (χ3n) is 10.4. The standard InChI is InChI=1S/C22H30.C20H16.C6H9N.C2H6/c1-6-11-21(18-13-10-12-16(5)14-18)22-15-17(7-2)19(8-3)20(22)9-4;1-20(15-9-3-2-4-10-15)18-13-7-5-11-16(18)17-12-6-8-14-19(17)20;1-6-3-2-4-7-5-6;1-2/h7,10,12-14,21H,2,6,8-9,11,15H2,1,3-5H3;2-14H,1H3;2-3,5,7H,4H2,1H3;1-2H3. The topological polar surface area (TPSA) is 12.0 Å². The Balaban J connectivity index is 0.000000185. The van der Waals surface area contributed by atoms with Gasteiger partial charge in [0.1, 0.15) is 0 Å². The van der Waals surface area contributed by atoms with Gasteiger partial charge in [-0.25, -0.2) is 0 Å². The van der Waals surface area contributed by atoms with E-state index in [0.29, 0.717) is 5.92 Å². The van der Waals surface area contributed by atoms with Gasteiger partial charge in [0.15, 0.2) is 0 Å². The number of dihydropyridines is 1. The summed E-state index contributed by atoms with van der Waals surface area (Å²) < 4.78 is 0. The van der Waals surface area contributed by atoms with Crippen LogP contribution in [0.15, 0.2) is 162 Å². The molecule has 0 amide bonds. The van der Waals surface area contributed by atoms with Crippen LogP contribution in [0.1, 0.15) is 114 Å². The molecule has 1 nitrogen and oxygen atoms in total. The summed E-state index contributed by atoms with van der Waals surface area (Å²) >= 11 is 0. The number of fused-ring (bicyclic) bond motifs is 3. The Morgan fingerprint density at radius 1 is 0.765 bits per heavy atom. The third-order valence-corrected chi connectivity index (χ3v) is 10.4. The summed E-state index contributed by atoms with van der Waals surface area (Å²) in [5, 5.41) is 3.09. The smallest absolute Gasteiger partial charge is 0.0435 e. The van der Waals surface area contributed by atoms with E-state index in [1.807, 2.05) is 20.0 Å². The van der Waals surface area contributed by atoms with Crippen LogP contribution >= 0.6 is 0 Å². The summed E-state index contributed by atoms with van der Waals surface area (Å²) in [5.74, 6) is 0.568. The highest BCUT2D eigenvalue weighted by Crippen LogP contribution is 2.52. The Hall–Kier alpha value is -4.62. The van der Waals surface area contributed by atoms with Crippen molar-refractivity contribution in [1.29, 1.82) is 0 Å². The van der Waals surface area contributed by atoms with Crippen LogP contribution in [0.2, 0.25) is 0 Å². The maximum atomic E-state index is 4.05. The van der Waals surface area contributed by atoms with Crippen LogP contribution < -0.4 is 5.32 Å². The first-order valence-corrected chi connectivity index (χ1v) is 19.3. The SMILES string of the molecule is C=CC1=C(CC)C(CC)=C(C(CCC)c2cccc(C)c2)C1.CC.CC1(c2ccccc2)c2ccccc2-c2ccccc21.CC1=CNCC=C1. The highest BCUT2D eigenvalue weighted by Gasteiger charge is 2.40. The minimum absolute atomic E-state index is 0.0472. The van der Waals surface area contributed by atoms with Crippen molar-refractivity contribution < 1.29 is 0 Å². The number of aryl methyl sites for hydroxylation is 1. The molecule has 0 radical (unpaired) electrons. The lowest BCUT2D eigenvalue weighted by Crippen LogP contribution is -2.22. The Morgan fingerprint density at radius 2 is 1.37 bits per heavy atom. The van der Waals surface area contributed by atoms with E-state index in [1.165, 1.54) is 62.9 Å². The van der Waals surface area contributed by atoms with Crippen LogP contribution in [-0.4, -0.2) is 6.54 Å². The summed E-state index contributed by atoms with van der Waals surface area (Å²) in [6.07, 6.45) is 14.2. The summed E-state index contributed by atoms with van der Waals surface area (Å²) in [5.41, 5.74) is 17.3. The monoisotopic (exact) mass is 675 g/mol. The van der Waals surface area contributed by atoms with Gasteiger partial charge in [0.2, 0.25) is 0 Å². The van der Waals surface area contributed by atoms with Gasteiger partial charge < -0.3 is 5.32 Å². The summed E-state index contributed by atoms with van der Waals surface area (Å²) in [4.78, 5) is 0. The van der Waals surface area contributed by atoms with Gasteiger partial charge in [0.25, 0.3) is 0 Å². The van der Waals surface area contributed by atoms with Crippen LogP contribution in [0.3, 0.4) is 0 Å². The fourth-order valence-electron chi connectivity index (χ4n) is 8.05. The number of hydrogen-bond acceptors (Lipinski definition) is 1. The fourth-order valence-corrected chi connectivity index (χ4v) is 8.05. The zero-order valence-electron chi connectivity index (χ0n) is 32.7. The molecule has 1 heterocycles. The van der Waals surface area contributed by atoms with Gasteiger partial charge >= 0.3 is 0 Å². The number of benzene rings is 4. The predicted molar refractivity (Wildman–Crippen MR) is 224 cm³/mol. The van der Waals surface area contributed by atoms with Crippen LogP contribution in [0, 0.1) is 6.92 Å². The number of rotatable bonds is 8. The molecule has 51 heavy (non-hydrogen) atoms. The van der Waals surface area contributed by atoms with Crippen molar-refractivity contribution in [3.05, 3.63) is 190 Å². The highest BCUT2D eigenvalue weighted by molar-refractivity contribution is 5.83.